The van der Waals surface area contributed by atoms with E-state index in [4.69, 9.17) is 4.74 Å². The van der Waals surface area contributed by atoms with Crippen molar-refractivity contribution in [2.75, 3.05) is 7.11 Å². The third-order valence-electron chi connectivity index (χ3n) is 2.05. The van der Waals surface area contributed by atoms with E-state index in [0.29, 0.717) is 0 Å². The summed E-state index contributed by atoms with van der Waals surface area (Å²) in [6.07, 6.45) is 0. The number of aromatic nitrogens is 2. The third-order valence-corrected chi connectivity index (χ3v) is 4.07. The molecule has 3 nitrogen and oxygen atoms in total. The summed E-state index contributed by atoms with van der Waals surface area (Å²) in [5.74, 6) is 1.79. The molecule has 0 aliphatic carbocycles. The van der Waals surface area contributed by atoms with Gasteiger partial charge >= 0.3 is 0 Å². The van der Waals surface area contributed by atoms with Gasteiger partial charge in [0, 0.05) is 11.3 Å². The lowest BCUT2D eigenvalue weighted by atomic mass is 10.2. The molecular weight excluding hydrogens is 240 g/mol. The van der Waals surface area contributed by atoms with Crippen molar-refractivity contribution in [3.8, 4) is 5.75 Å². The number of hydrogen-bond donors (Lipinski definition) is 0. The zero-order valence-corrected chi connectivity index (χ0v) is 10.8. The Bertz CT molecular complexity index is 471. The molecule has 0 spiro atoms. The second-order valence-electron chi connectivity index (χ2n) is 3.19. The van der Waals surface area contributed by atoms with Gasteiger partial charge in [-0.15, -0.1) is 10.2 Å². The molecule has 0 bridgehead atoms. The average molecular weight is 252 g/mol. The molecule has 0 amide bonds. The number of rotatable bonds is 4. The van der Waals surface area contributed by atoms with Crippen LogP contribution in [0.3, 0.4) is 0 Å². The van der Waals surface area contributed by atoms with E-state index in [1.807, 2.05) is 25.1 Å². The van der Waals surface area contributed by atoms with Crippen molar-refractivity contribution in [2.24, 2.45) is 0 Å². The minimum absolute atomic E-state index is 0.860. The largest absolute Gasteiger partial charge is 0.496 e. The monoisotopic (exact) mass is 252 g/mol. The quantitative estimate of drug-likeness (QED) is 0.783. The Morgan fingerprint density at radius 1 is 1.31 bits per heavy atom. The molecule has 0 aliphatic heterocycles. The fraction of sp³-hybridized carbons (Fsp3) is 0.273. The van der Waals surface area contributed by atoms with Gasteiger partial charge in [-0.3, -0.25) is 0 Å². The standard InChI is InChI=1S/C11H12N2OS2/c1-8-12-13-11(16-8)15-7-9-5-3-4-6-10(9)14-2/h3-6H,7H2,1-2H3. The summed E-state index contributed by atoms with van der Waals surface area (Å²) in [5.41, 5.74) is 1.18. The van der Waals surface area contributed by atoms with Gasteiger partial charge in [-0.2, -0.15) is 0 Å². The molecule has 0 fully saturated rings. The van der Waals surface area contributed by atoms with Crippen LogP contribution in [0.2, 0.25) is 0 Å². The van der Waals surface area contributed by atoms with Crippen molar-refractivity contribution in [2.45, 2.75) is 17.0 Å². The first-order valence-corrected chi connectivity index (χ1v) is 6.64. The van der Waals surface area contributed by atoms with Crippen LogP contribution < -0.4 is 4.74 Å². The molecule has 0 saturated carbocycles. The van der Waals surface area contributed by atoms with Crippen LogP contribution in [0.15, 0.2) is 28.6 Å². The minimum Gasteiger partial charge on any atom is -0.496 e. The summed E-state index contributed by atoms with van der Waals surface area (Å²) in [6.45, 7) is 1.96. The number of para-hydroxylation sites is 1. The predicted molar refractivity (Wildman–Crippen MR) is 67.2 cm³/mol. The molecule has 0 saturated heterocycles. The second kappa shape index (κ2) is 5.32. The first kappa shape index (κ1) is 11.4. The number of methoxy groups -OCH3 is 1. The van der Waals surface area contributed by atoms with E-state index in [1.54, 1.807) is 30.2 Å². The summed E-state index contributed by atoms with van der Waals surface area (Å²) in [5, 5.41) is 9.07. The number of nitrogens with zero attached hydrogens (tertiary/aromatic N) is 2. The fourth-order valence-electron chi connectivity index (χ4n) is 1.30. The van der Waals surface area contributed by atoms with Crippen LogP contribution in [0.5, 0.6) is 5.75 Å². The van der Waals surface area contributed by atoms with Crippen LogP contribution >= 0.6 is 23.1 Å². The Kier molecular flexibility index (Phi) is 3.79. The van der Waals surface area contributed by atoms with Gasteiger partial charge in [-0.1, -0.05) is 41.3 Å². The molecule has 0 N–H and O–H groups in total. The second-order valence-corrected chi connectivity index (χ2v) is 5.59. The van der Waals surface area contributed by atoms with Gasteiger partial charge in [0.2, 0.25) is 0 Å². The first-order chi connectivity index (χ1) is 7.79. The molecule has 84 valence electrons. The lowest BCUT2D eigenvalue weighted by molar-refractivity contribution is 0.411. The summed E-state index contributed by atoms with van der Waals surface area (Å²) < 4.78 is 6.30. The third kappa shape index (κ3) is 2.74. The van der Waals surface area contributed by atoms with Gasteiger partial charge in [0.1, 0.15) is 10.8 Å². The molecule has 1 heterocycles. The molecule has 1 aromatic carbocycles. The maximum Gasteiger partial charge on any atom is 0.174 e. The number of aryl methyl sites for hydroxylation is 1. The Labute approximate surface area is 103 Å². The van der Waals surface area contributed by atoms with E-state index < -0.39 is 0 Å². The van der Waals surface area contributed by atoms with E-state index in [9.17, 15) is 0 Å². The average Bonchev–Trinajstić information content (AvgIpc) is 2.73. The lowest BCUT2D eigenvalue weighted by Gasteiger charge is -2.05. The molecule has 0 unspecified atom stereocenters. The Hall–Kier alpha value is -1.07. The van der Waals surface area contributed by atoms with Crippen LogP contribution in [0.1, 0.15) is 10.6 Å². The number of thioether (sulfide) groups is 1. The molecule has 5 heteroatoms. The highest BCUT2D eigenvalue weighted by atomic mass is 32.2. The van der Waals surface area contributed by atoms with Gasteiger partial charge in [0.25, 0.3) is 0 Å². The predicted octanol–water partition coefficient (Wildman–Crippen LogP) is 3.15. The highest BCUT2D eigenvalue weighted by Crippen LogP contribution is 2.29. The summed E-state index contributed by atoms with van der Waals surface area (Å²) in [4.78, 5) is 0. The number of benzene rings is 1. The van der Waals surface area contributed by atoms with Crippen molar-refractivity contribution < 1.29 is 4.74 Å². The Morgan fingerprint density at radius 2 is 2.12 bits per heavy atom. The van der Waals surface area contributed by atoms with Crippen molar-refractivity contribution >= 4 is 23.1 Å². The smallest absolute Gasteiger partial charge is 0.174 e. The summed E-state index contributed by atoms with van der Waals surface area (Å²) in [7, 11) is 1.69. The van der Waals surface area contributed by atoms with E-state index >= 15 is 0 Å². The minimum atomic E-state index is 0.860. The van der Waals surface area contributed by atoms with Crippen molar-refractivity contribution in [1.29, 1.82) is 0 Å². The molecule has 2 aromatic rings. The Morgan fingerprint density at radius 3 is 2.81 bits per heavy atom. The highest BCUT2D eigenvalue weighted by Gasteiger charge is 2.05. The van der Waals surface area contributed by atoms with Gasteiger partial charge in [-0.25, -0.2) is 0 Å². The topological polar surface area (TPSA) is 35.0 Å². The van der Waals surface area contributed by atoms with Crippen LogP contribution in [-0.2, 0) is 5.75 Å². The van der Waals surface area contributed by atoms with Crippen LogP contribution in [0.4, 0.5) is 0 Å². The van der Waals surface area contributed by atoms with E-state index in [-0.39, 0.29) is 0 Å². The van der Waals surface area contributed by atoms with Crippen molar-refractivity contribution in [3.05, 3.63) is 34.8 Å². The van der Waals surface area contributed by atoms with Crippen molar-refractivity contribution in [1.82, 2.24) is 10.2 Å². The summed E-state index contributed by atoms with van der Waals surface area (Å²) >= 11 is 3.31. The zero-order chi connectivity index (χ0) is 11.4. The van der Waals surface area contributed by atoms with Gasteiger partial charge < -0.3 is 4.74 Å². The highest BCUT2D eigenvalue weighted by molar-refractivity contribution is 8.00. The molecule has 0 aliphatic rings. The maximum atomic E-state index is 5.29. The normalized spacial score (nSPS) is 10.4. The fourth-order valence-corrected chi connectivity index (χ4v) is 3.10. The molecule has 2 rings (SSSR count). The van der Waals surface area contributed by atoms with Crippen LogP contribution in [0.25, 0.3) is 0 Å². The Balaban J connectivity index is 2.04. The molecule has 0 atom stereocenters. The van der Waals surface area contributed by atoms with Gasteiger partial charge in [0.05, 0.1) is 7.11 Å². The summed E-state index contributed by atoms with van der Waals surface area (Å²) in [6, 6.07) is 8.03. The van der Waals surface area contributed by atoms with Crippen LogP contribution in [-0.4, -0.2) is 17.3 Å². The lowest BCUT2D eigenvalue weighted by Crippen LogP contribution is -1.89. The number of ether oxygens (including phenoxy) is 1. The first-order valence-electron chi connectivity index (χ1n) is 4.84. The molecule has 16 heavy (non-hydrogen) atoms. The number of hydrogen-bond acceptors (Lipinski definition) is 5. The molecular formula is C11H12N2OS2. The van der Waals surface area contributed by atoms with Crippen LogP contribution in [0, 0.1) is 6.92 Å². The van der Waals surface area contributed by atoms with Crippen molar-refractivity contribution in [3.63, 3.8) is 0 Å². The van der Waals surface area contributed by atoms with E-state index in [1.165, 1.54) is 5.56 Å². The SMILES string of the molecule is COc1ccccc1CSc1nnc(C)s1. The zero-order valence-electron chi connectivity index (χ0n) is 9.14. The maximum absolute atomic E-state index is 5.29. The van der Waals surface area contributed by atoms with E-state index in [2.05, 4.69) is 16.3 Å². The molecule has 0 radical (unpaired) electrons. The molecule has 1 aromatic heterocycles. The van der Waals surface area contributed by atoms with E-state index in [0.717, 1.165) is 20.8 Å². The van der Waals surface area contributed by atoms with Gasteiger partial charge in [-0.05, 0) is 13.0 Å². The van der Waals surface area contributed by atoms with Gasteiger partial charge in [0.15, 0.2) is 4.34 Å².